The smallest absolute Gasteiger partial charge is 0.233 e. The van der Waals surface area contributed by atoms with Crippen LogP contribution in [0.25, 0.3) is 0 Å². The molecule has 2 nitrogen and oxygen atoms in total. The number of amides is 1. The average Bonchev–Trinajstić information content (AvgIpc) is 2.90. The highest BCUT2D eigenvalue weighted by Gasteiger charge is 2.30. The lowest BCUT2D eigenvalue weighted by Crippen LogP contribution is -2.35. The zero-order valence-electron chi connectivity index (χ0n) is 8.17. The molecule has 1 amide bonds. The third-order valence-corrected chi connectivity index (χ3v) is 4.71. The molecule has 2 rings (SSSR count). The van der Waals surface area contributed by atoms with Crippen LogP contribution < -0.4 is 5.32 Å². The number of halogens is 1. The second kappa shape index (κ2) is 4.75. The second-order valence-corrected chi connectivity index (χ2v) is 5.97. The molecule has 0 radical (unpaired) electrons. The molecule has 0 spiro atoms. The first kappa shape index (κ1) is 10.6. The SMILES string of the molecule is O=C(NCC(Cl)C1CC1)C1CCCS1. The zero-order chi connectivity index (χ0) is 9.97. The van der Waals surface area contributed by atoms with Crippen molar-refractivity contribution in [3.05, 3.63) is 0 Å². The van der Waals surface area contributed by atoms with Crippen LogP contribution in [0.15, 0.2) is 0 Å². The van der Waals surface area contributed by atoms with Crippen LogP contribution in [-0.2, 0) is 4.79 Å². The van der Waals surface area contributed by atoms with Gasteiger partial charge in [-0.1, -0.05) is 0 Å². The van der Waals surface area contributed by atoms with Crippen molar-refractivity contribution >= 4 is 29.3 Å². The minimum Gasteiger partial charge on any atom is -0.354 e. The van der Waals surface area contributed by atoms with E-state index in [0.29, 0.717) is 12.5 Å². The van der Waals surface area contributed by atoms with E-state index in [1.807, 2.05) is 0 Å². The van der Waals surface area contributed by atoms with Crippen LogP contribution in [0, 0.1) is 5.92 Å². The highest BCUT2D eigenvalue weighted by atomic mass is 35.5. The molecular weight excluding hydrogens is 218 g/mol. The summed E-state index contributed by atoms with van der Waals surface area (Å²) in [5, 5.41) is 3.30. The first-order valence-corrected chi connectivity index (χ1v) is 6.79. The highest BCUT2D eigenvalue weighted by Crippen LogP contribution is 2.35. The monoisotopic (exact) mass is 233 g/mol. The van der Waals surface area contributed by atoms with Gasteiger partial charge in [0, 0.05) is 6.54 Å². The fraction of sp³-hybridized carbons (Fsp3) is 0.900. The van der Waals surface area contributed by atoms with Gasteiger partial charge in [-0.25, -0.2) is 0 Å². The molecule has 14 heavy (non-hydrogen) atoms. The standard InChI is InChI=1S/C10H16ClNOS/c11-8(7-3-4-7)6-12-10(13)9-2-1-5-14-9/h7-9H,1-6H2,(H,12,13). The van der Waals surface area contributed by atoms with Gasteiger partial charge in [0.15, 0.2) is 0 Å². The maximum Gasteiger partial charge on any atom is 0.233 e. The van der Waals surface area contributed by atoms with Crippen LogP contribution in [0.1, 0.15) is 25.7 Å². The summed E-state index contributed by atoms with van der Waals surface area (Å²) in [6.45, 7) is 0.655. The van der Waals surface area contributed by atoms with Crippen LogP contribution in [0.2, 0.25) is 0 Å². The topological polar surface area (TPSA) is 29.1 Å². The fourth-order valence-electron chi connectivity index (χ4n) is 1.72. The molecule has 4 heteroatoms. The van der Waals surface area contributed by atoms with Crippen LogP contribution >= 0.6 is 23.4 Å². The number of carbonyl (C=O) groups is 1. The lowest BCUT2D eigenvalue weighted by Gasteiger charge is -2.12. The number of rotatable bonds is 4. The molecule has 1 saturated carbocycles. The molecule has 2 aliphatic rings. The van der Waals surface area contributed by atoms with Crippen LogP contribution in [-0.4, -0.2) is 28.8 Å². The quantitative estimate of drug-likeness (QED) is 0.753. The highest BCUT2D eigenvalue weighted by molar-refractivity contribution is 8.00. The molecule has 2 fully saturated rings. The normalized spacial score (nSPS) is 28.8. The molecule has 1 N–H and O–H groups in total. The molecular formula is C10H16ClNOS. The van der Waals surface area contributed by atoms with Gasteiger partial charge in [-0.2, -0.15) is 0 Å². The molecule has 0 aromatic carbocycles. The van der Waals surface area contributed by atoms with E-state index in [2.05, 4.69) is 5.32 Å². The van der Waals surface area contributed by atoms with Gasteiger partial charge in [-0.05, 0) is 37.4 Å². The van der Waals surface area contributed by atoms with E-state index in [9.17, 15) is 4.79 Å². The van der Waals surface area contributed by atoms with E-state index in [1.165, 1.54) is 19.3 Å². The Balaban J connectivity index is 1.66. The predicted octanol–water partition coefficient (Wildman–Crippen LogP) is 2.02. The number of carbonyl (C=O) groups excluding carboxylic acids is 1. The molecule has 1 aliphatic carbocycles. The van der Waals surface area contributed by atoms with Crippen molar-refractivity contribution in [3.8, 4) is 0 Å². The number of alkyl halides is 1. The van der Waals surface area contributed by atoms with Gasteiger partial charge in [0.25, 0.3) is 0 Å². The number of nitrogens with one attached hydrogen (secondary N) is 1. The van der Waals surface area contributed by atoms with E-state index >= 15 is 0 Å². The van der Waals surface area contributed by atoms with Gasteiger partial charge in [-0.15, -0.1) is 23.4 Å². The molecule has 2 unspecified atom stereocenters. The molecule has 80 valence electrons. The minimum absolute atomic E-state index is 0.158. The summed E-state index contributed by atoms with van der Waals surface area (Å²) >= 11 is 7.88. The largest absolute Gasteiger partial charge is 0.354 e. The molecule has 0 aromatic rings. The first-order chi connectivity index (χ1) is 6.77. The van der Waals surface area contributed by atoms with Crippen molar-refractivity contribution in [3.63, 3.8) is 0 Å². The van der Waals surface area contributed by atoms with Gasteiger partial charge >= 0.3 is 0 Å². The number of thioether (sulfide) groups is 1. The van der Waals surface area contributed by atoms with Crippen LogP contribution in [0.3, 0.4) is 0 Å². The van der Waals surface area contributed by atoms with Gasteiger partial charge in [0.2, 0.25) is 5.91 Å². The van der Waals surface area contributed by atoms with Crippen LogP contribution in [0.5, 0.6) is 0 Å². The zero-order valence-corrected chi connectivity index (χ0v) is 9.74. The van der Waals surface area contributed by atoms with Crippen LogP contribution in [0.4, 0.5) is 0 Å². The lowest BCUT2D eigenvalue weighted by molar-refractivity contribution is -0.120. The average molecular weight is 234 g/mol. The van der Waals surface area contributed by atoms with Gasteiger partial charge in [0.05, 0.1) is 10.6 Å². The van der Waals surface area contributed by atoms with Crippen molar-refractivity contribution in [2.45, 2.75) is 36.3 Å². The molecule has 0 aromatic heterocycles. The maximum atomic E-state index is 11.6. The third-order valence-electron chi connectivity index (χ3n) is 2.83. The summed E-state index contributed by atoms with van der Waals surface area (Å²) in [5.41, 5.74) is 0. The van der Waals surface area contributed by atoms with Gasteiger partial charge in [0.1, 0.15) is 0 Å². The van der Waals surface area contributed by atoms with E-state index in [1.54, 1.807) is 11.8 Å². The lowest BCUT2D eigenvalue weighted by atomic mass is 10.2. The van der Waals surface area contributed by atoms with Gasteiger partial charge in [-0.3, -0.25) is 4.79 Å². The summed E-state index contributed by atoms with van der Waals surface area (Å²) in [6.07, 6.45) is 4.69. The Bertz CT molecular complexity index is 214. The minimum atomic E-state index is 0.158. The Kier molecular flexibility index (Phi) is 3.61. The van der Waals surface area contributed by atoms with Crippen molar-refractivity contribution in [2.75, 3.05) is 12.3 Å². The summed E-state index contributed by atoms with van der Waals surface area (Å²) in [4.78, 5) is 11.6. The Labute approximate surface area is 94.1 Å². The summed E-state index contributed by atoms with van der Waals surface area (Å²) in [7, 11) is 0. The van der Waals surface area contributed by atoms with E-state index < -0.39 is 0 Å². The summed E-state index contributed by atoms with van der Waals surface area (Å²) < 4.78 is 0. The molecule has 0 bridgehead atoms. The maximum absolute atomic E-state index is 11.6. The van der Waals surface area contributed by atoms with Crippen molar-refractivity contribution in [1.82, 2.24) is 5.32 Å². The molecule has 1 aliphatic heterocycles. The van der Waals surface area contributed by atoms with E-state index in [0.717, 1.165) is 12.2 Å². The third kappa shape index (κ3) is 2.80. The van der Waals surface area contributed by atoms with Crippen molar-refractivity contribution in [2.24, 2.45) is 5.92 Å². The number of hydrogen-bond donors (Lipinski definition) is 1. The summed E-state index contributed by atoms with van der Waals surface area (Å²) in [6, 6.07) is 0. The Hall–Kier alpha value is 0.110. The fourth-order valence-corrected chi connectivity index (χ4v) is 3.24. The van der Waals surface area contributed by atoms with E-state index in [-0.39, 0.29) is 16.5 Å². The Morgan fingerprint density at radius 3 is 2.86 bits per heavy atom. The predicted molar refractivity (Wildman–Crippen MR) is 60.9 cm³/mol. The van der Waals surface area contributed by atoms with Crippen molar-refractivity contribution < 1.29 is 4.79 Å². The number of hydrogen-bond acceptors (Lipinski definition) is 2. The summed E-state index contributed by atoms with van der Waals surface area (Å²) in [5.74, 6) is 1.98. The Morgan fingerprint density at radius 2 is 2.29 bits per heavy atom. The Morgan fingerprint density at radius 1 is 1.50 bits per heavy atom. The molecule has 1 heterocycles. The van der Waals surface area contributed by atoms with E-state index in [4.69, 9.17) is 11.6 Å². The molecule has 1 saturated heterocycles. The van der Waals surface area contributed by atoms with Crippen molar-refractivity contribution in [1.29, 1.82) is 0 Å². The molecule has 2 atom stereocenters. The second-order valence-electron chi connectivity index (χ2n) is 4.10. The first-order valence-electron chi connectivity index (χ1n) is 5.31. The van der Waals surface area contributed by atoms with Gasteiger partial charge < -0.3 is 5.32 Å².